The molecule has 0 radical (unpaired) electrons. The topological polar surface area (TPSA) is 76.7 Å². The minimum Gasteiger partial charge on any atom is -0.482 e. The lowest BCUT2D eigenvalue weighted by molar-refractivity contribution is -0.123. The molecular weight excluding hydrogens is 320 g/mol. The molecule has 25 heavy (non-hydrogen) atoms. The number of aryl methyl sites for hydroxylation is 1. The van der Waals surface area contributed by atoms with Crippen LogP contribution in [0.1, 0.15) is 47.1 Å². The van der Waals surface area contributed by atoms with Gasteiger partial charge >= 0.3 is 6.09 Å². The summed E-state index contributed by atoms with van der Waals surface area (Å²) in [5.74, 6) is 0.566. The Morgan fingerprint density at radius 1 is 1.16 bits per heavy atom. The first-order valence-corrected chi connectivity index (χ1v) is 8.50. The number of benzene rings is 1. The Kier molecular flexibility index (Phi) is 7.27. The summed E-state index contributed by atoms with van der Waals surface area (Å²) < 4.78 is 10.9. The molecule has 0 heterocycles. The molecule has 0 aliphatic heterocycles. The molecule has 0 aliphatic rings. The predicted molar refractivity (Wildman–Crippen MR) is 99.0 cm³/mol. The molecule has 2 N–H and O–H groups in total. The number of anilines is 1. The Balaban J connectivity index is 2.74. The number of carbonyl (C=O) groups excluding carboxylic acids is 2. The number of hydrogen-bond donors (Lipinski definition) is 2. The number of carbonyl (C=O) groups is 2. The van der Waals surface area contributed by atoms with Crippen molar-refractivity contribution in [2.75, 3.05) is 11.9 Å². The largest absolute Gasteiger partial charge is 0.482 e. The van der Waals surface area contributed by atoms with Crippen molar-refractivity contribution in [1.29, 1.82) is 0 Å². The second-order valence-electron chi connectivity index (χ2n) is 7.52. The third-order valence-corrected chi connectivity index (χ3v) is 3.52. The Morgan fingerprint density at radius 2 is 1.80 bits per heavy atom. The Bertz CT molecular complexity index is 606. The molecule has 6 nitrogen and oxygen atoms in total. The van der Waals surface area contributed by atoms with Gasteiger partial charge in [0.25, 0.3) is 5.91 Å². The first-order chi connectivity index (χ1) is 11.5. The summed E-state index contributed by atoms with van der Waals surface area (Å²) in [6.45, 7) is 13.2. The standard InChI is InChI=1S/C19H30N2O4/c1-12(2)14(4)20-17(22)11-24-16-10-13(3)8-9-15(16)21-18(23)25-19(5,6)7/h8-10,12,14H,11H2,1-7H3,(H,20,22)(H,21,23)/t14-/m1/s1. The summed E-state index contributed by atoms with van der Waals surface area (Å²) in [4.78, 5) is 23.9. The van der Waals surface area contributed by atoms with Crippen molar-refractivity contribution in [1.82, 2.24) is 5.32 Å². The highest BCUT2D eigenvalue weighted by atomic mass is 16.6. The van der Waals surface area contributed by atoms with E-state index in [4.69, 9.17) is 9.47 Å². The minimum atomic E-state index is -0.595. The first-order valence-electron chi connectivity index (χ1n) is 8.50. The van der Waals surface area contributed by atoms with Crippen LogP contribution in [0.25, 0.3) is 0 Å². The van der Waals surface area contributed by atoms with Gasteiger partial charge < -0.3 is 14.8 Å². The SMILES string of the molecule is Cc1ccc(NC(=O)OC(C)(C)C)c(OCC(=O)N[C@H](C)C(C)C)c1. The molecule has 0 bridgehead atoms. The maximum atomic E-state index is 12.0. The number of nitrogens with one attached hydrogen (secondary N) is 2. The molecule has 140 valence electrons. The van der Waals surface area contributed by atoms with Gasteiger partial charge in [0.05, 0.1) is 5.69 Å². The maximum absolute atomic E-state index is 12.0. The van der Waals surface area contributed by atoms with Crippen LogP contribution in [0, 0.1) is 12.8 Å². The highest BCUT2D eigenvalue weighted by Crippen LogP contribution is 2.26. The van der Waals surface area contributed by atoms with Crippen LogP contribution in [0.15, 0.2) is 18.2 Å². The van der Waals surface area contributed by atoms with Gasteiger partial charge in [0.2, 0.25) is 0 Å². The zero-order valence-electron chi connectivity index (χ0n) is 16.2. The minimum absolute atomic E-state index is 0.0629. The average Bonchev–Trinajstić information content (AvgIpc) is 2.45. The summed E-state index contributed by atoms with van der Waals surface area (Å²) >= 11 is 0. The quantitative estimate of drug-likeness (QED) is 0.816. The fourth-order valence-corrected chi connectivity index (χ4v) is 1.87. The van der Waals surface area contributed by atoms with E-state index in [1.165, 1.54) is 0 Å². The summed E-state index contributed by atoms with van der Waals surface area (Å²) in [7, 11) is 0. The van der Waals surface area contributed by atoms with Gasteiger partial charge in [-0.1, -0.05) is 19.9 Å². The van der Waals surface area contributed by atoms with Crippen LogP contribution in [0.4, 0.5) is 10.5 Å². The van der Waals surface area contributed by atoms with Gasteiger partial charge in [-0.25, -0.2) is 4.79 Å². The zero-order valence-corrected chi connectivity index (χ0v) is 16.2. The van der Waals surface area contributed by atoms with Crippen LogP contribution in [-0.4, -0.2) is 30.3 Å². The highest BCUT2D eigenvalue weighted by molar-refractivity contribution is 5.87. The van der Waals surface area contributed by atoms with Crippen molar-refractivity contribution in [2.24, 2.45) is 5.92 Å². The van der Waals surface area contributed by atoms with E-state index in [9.17, 15) is 9.59 Å². The first kappa shape index (κ1) is 20.8. The second-order valence-corrected chi connectivity index (χ2v) is 7.52. The van der Waals surface area contributed by atoms with Crippen LogP contribution in [0.3, 0.4) is 0 Å². The van der Waals surface area contributed by atoms with Crippen molar-refractivity contribution in [3.05, 3.63) is 23.8 Å². The van der Waals surface area contributed by atoms with Crippen LogP contribution >= 0.6 is 0 Å². The fourth-order valence-electron chi connectivity index (χ4n) is 1.87. The zero-order chi connectivity index (χ0) is 19.2. The van der Waals surface area contributed by atoms with Crippen LogP contribution in [0.2, 0.25) is 0 Å². The molecule has 1 atom stereocenters. The maximum Gasteiger partial charge on any atom is 0.412 e. The molecule has 0 spiro atoms. The average molecular weight is 350 g/mol. The fraction of sp³-hybridized carbons (Fsp3) is 0.579. The number of hydrogen-bond acceptors (Lipinski definition) is 4. The molecule has 1 rings (SSSR count). The number of rotatable bonds is 6. The van der Waals surface area contributed by atoms with E-state index < -0.39 is 11.7 Å². The molecule has 0 fully saturated rings. The monoisotopic (exact) mass is 350 g/mol. The van der Waals surface area contributed by atoms with E-state index in [0.717, 1.165) is 5.56 Å². The Labute approximate surface area is 150 Å². The molecule has 1 aromatic carbocycles. The second kappa shape index (κ2) is 8.74. The molecule has 2 amide bonds. The highest BCUT2D eigenvalue weighted by Gasteiger charge is 2.18. The Hall–Kier alpha value is -2.24. The summed E-state index contributed by atoms with van der Waals surface area (Å²) in [6.07, 6.45) is -0.570. The summed E-state index contributed by atoms with van der Waals surface area (Å²) in [5, 5.41) is 5.54. The number of ether oxygens (including phenoxy) is 2. The smallest absolute Gasteiger partial charge is 0.412 e. The summed E-state index contributed by atoms with van der Waals surface area (Å²) in [5.41, 5.74) is 0.827. The molecule has 0 aromatic heterocycles. The predicted octanol–water partition coefficient (Wildman–Crippen LogP) is 3.88. The molecule has 0 unspecified atom stereocenters. The third-order valence-electron chi connectivity index (χ3n) is 3.52. The third kappa shape index (κ3) is 7.92. The summed E-state index contributed by atoms with van der Waals surface area (Å²) in [6, 6.07) is 5.41. The van der Waals surface area contributed by atoms with Crippen LogP contribution in [0.5, 0.6) is 5.75 Å². The van der Waals surface area contributed by atoms with Gasteiger partial charge in [-0.15, -0.1) is 0 Å². The lowest BCUT2D eigenvalue weighted by atomic mass is 10.1. The van der Waals surface area contributed by atoms with E-state index in [1.54, 1.807) is 32.9 Å². The lowest BCUT2D eigenvalue weighted by Crippen LogP contribution is -2.39. The van der Waals surface area contributed by atoms with Gasteiger partial charge in [-0.3, -0.25) is 10.1 Å². The van der Waals surface area contributed by atoms with Crippen LogP contribution in [-0.2, 0) is 9.53 Å². The molecule has 0 saturated heterocycles. The van der Waals surface area contributed by atoms with Crippen molar-refractivity contribution in [2.45, 2.75) is 60.1 Å². The normalized spacial score (nSPS) is 12.5. The van der Waals surface area contributed by atoms with Crippen molar-refractivity contribution >= 4 is 17.7 Å². The van der Waals surface area contributed by atoms with Crippen molar-refractivity contribution in [3.63, 3.8) is 0 Å². The van der Waals surface area contributed by atoms with Gasteiger partial charge in [-0.05, 0) is 58.2 Å². The van der Waals surface area contributed by atoms with E-state index in [-0.39, 0.29) is 18.6 Å². The van der Waals surface area contributed by atoms with Gasteiger partial charge in [0.1, 0.15) is 11.4 Å². The van der Waals surface area contributed by atoms with E-state index >= 15 is 0 Å². The van der Waals surface area contributed by atoms with E-state index in [1.807, 2.05) is 33.8 Å². The van der Waals surface area contributed by atoms with Crippen molar-refractivity contribution < 1.29 is 19.1 Å². The Morgan fingerprint density at radius 3 is 2.36 bits per heavy atom. The van der Waals surface area contributed by atoms with Gasteiger partial charge in [0.15, 0.2) is 6.61 Å². The van der Waals surface area contributed by atoms with E-state index in [2.05, 4.69) is 10.6 Å². The molecular formula is C19H30N2O4. The molecule has 1 aromatic rings. The molecule has 6 heteroatoms. The lowest BCUT2D eigenvalue weighted by Gasteiger charge is -2.21. The van der Waals surface area contributed by atoms with Gasteiger partial charge in [-0.2, -0.15) is 0 Å². The number of amides is 2. The molecule has 0 saturated carbocycles. The van der Waals surface area contributed by atoms with Crippen LogP contribution < -0.4 is 15.4 Å². The van der Waals surface area contributed by atoms with Crippen molar-refractivity contribution in [3.8, 4) is 5.75 Å². The van der Waals surface area contributed by atoms with Gasteiger partial charge in [0, 0.05) is 6.04 Å². The van der Waals surface area contributed by atoms with E-state index in [0.29, 0.717) is 17.4 Å². The molecule has 0 aliphatic carbocycles.